The van der Waals surface area contributed by atoms with Gasteiger partial charge in [0.25, 0.3) is 0 Å². The van der Waals surface area contributed by atoms with E-state index in [1.54, 1.807) is 67.8 Å². The van der Waals surface area contributed by atoms with Gasteiger partial charge in [0.05, 0.1) is 37.3 Å². The molecule has 20 nitrogen and oxygen atoms in total. The van der Waals surface area contributed by atoms with Gasteiger partial charge in [-0.25, -0.2) is 0 Å². The zero-order chi connectivity index (χ0) is 52.6. The van der Waals surface area contributed by atoms with Crippen LogP contribution in [0.1, 0.15) is 56.2 Å². The van der Waals surface area contributed by atoms with Crippen molar-refractivity contribution in [1.29, 1.82) is 0 Å². The first-order valence-corrected chi connectivity index (χ1v) is 26.3. The lowest BCUT2D eigenvalue weighted by Gasteiger charge is -2.27. The van der Waals surface area contributed by atoms with Gasteiger partial charge in [-0.3, -0.25) is 33.6 Å². The first-order chi connectivity index (χ1) is 34.5. The lowest BCUT2D eigenvalue weighted by atomic mass is 10.0. The Morgan fingerprint density at radius 1 is 0.625 bits per heavy atom. The minimum Gasteiger partial charge on any atom is -0.394 e. The van der Waals surface area contributed by atoms with Crippen molar-refractivity contribution in [1.82, 2.24) is 42.2 Å². The second-order valence-corrected chi connectivity index (χ2v) is 20.1. The van der Waals surface area contributed by atoms with Crippen molar-refractivity contribution in [3.63, 3.8) is 0 Å². The summed E-state index contributed by atoms with van der Waals surface area (Å²) in [5, 5.41) is 49.6. The predicted octanol–water partition coefficient (Wildman–Crippen LogP) is -0.168. The van der Waals surface area contributed by atoms with Crippen LogP contribution < -0.4 is 48.7 Å². The van der Waals surface area contributed by atoms with E-state index in [9.17, 15) is 48.9 Å². The standard InChI is InChI=1S/C50H70N10O10S2/c1-30(62)22-44(64)55-42(49(69)59-41(27-61)31(2)63)28-71-72-29-43(60-46(66)36(51)23-32-14-6-4-7-15-32)50(70)57-39(24-33-16-8-5-9-17-33)47(67)58-40(25-34-26-54-37-19-11-10-18-35(34)37)48(68)56-38(45(52)65)20-12-13-21-53-3/h4-11,14-19,26,30-31,36,38-43,53-54,61-63H,12-13,20-25,27-29,51H2,1-3H3,(H2,52,65)(H,55,64)(H,56,68)(H,57,70)(H,58,67)(H,59,69)(H,60,66)/t30-,31-,36-,38+,39+,40-,41-,42+,43+/m1/s1. The molecule has 0 aliphatic heterocycles. The van der Waals surface area contributed by atoms with Crippen molar-refractivity contribution in [2.24, 2.45) is 11.5 Å². The second kappa shape index (κ2) is 30.8. The Morgan fingerprint density at radius 2 is 1.14 bits per heavy atom. The molecule has 7 amide bonds. The summed E-state index contributed by atoms with van der Waals surface area (Å²) in [7, 11) is 3.93. The van der Waals surface area contributed by atoms with Gasteiger partial charge in [-0.05, 0) is 75.9 Å². The number of aromatic nitrogens is 1. The molecule has 0 radical (unpaired) electrons. The van der Waals surface area contributed by atoms with Gasteiger partial charge in [-0.2, -0.15) is 0 Å². The van der Waals surface area contributed by atoms with Crippen molar-refractivity contribution in [2.45, 2.75) is 113 Å². The molecule has 0 aliphatic rings. The molecule has 9 atom stereocenters. The number of hydrogen-bond acceptors (Lipinski definition) is 14. The number of unbranched alkanes of at least 4 members (excludes halogenated alkanes) is 1. The van der Waals surface area contributed by atoms with Crippen LogP contribution in [0.5, 0.6) is 0 Å². The molecule has 0 fully saturated rings. The van der Waals surface area contributed by atoms with Crippen LogP contribution in [-0.4, -0.2) is 148 Å². The molecule has 4 aromatic rings. The predicted molar refractivity (Wildman–Crippen MR) is 279 cm³/mol. The van der Waals surface area contributed by atoms with Crippen molar-refractivity contribution in [3.8, 4) is 0 Å². The molecule has 0 unspecified atom stereocenters. The third-order valence-electron chi connectivity index (χ3n) is 11.5. The molecule has 15 N–H and O–H groups in total. The number of amides is 7. The molecule has 0 saturated heterocycles. The summed E-state index contributed by atoms with van der Waals surface area (Å²) < 4.78 is 0. The Bertz CT molecular complexity index is 2360. The first-order valence-electron chi connectivity index (χ1n) is 23.8. The maximum atomic E-state index is 14.7. The third kappa shape index (κ3) is 19.9. The van der Waals surface area contributed by atoms with Crippen LogP contribution >= 0.6 is 21.6 Å². The minimum absolute atomic E-state index is 0.0111. The molecule has 3 aromatic carbocycles. The Balaban J connectivity index is 1.63. The topological polar surface area (TPSA) is 332 Å². The Kier molecular flexibility index (Phi) is 25.0. The first kappa shape index (κ1) is 58.6. The summed E-state index contributed by atoms with van der Waals surface area (Å²) in [6, 6.07) is 17.0. The zero-order valence-electron chi connectivity index (χ0n) is 40.8. The van der Waals surface area contributed by atoms with Crippen LogP contribution in [0.4, 0.5) is 0 Å². The van der Waals surface area contributed by atoms with Gasteiger partial charge >= 0.3 is 0 Å². The fourth-order valence-electron chi connectivity index (χ4n) is 7.50. The van der Waals surface area contributed by atoms with Gasteiger partial charge in [0.15, 0.2) is 0 Å². The fraction of sp³-hybridized carbons (Fsp3) is 0.460. The molecule has 0 spiro atoms. The van der Waals surface area contributed by atoms with E-state index in [0.717, 1.165) is 44.5 Å². The number of hydrogen-bond donors (Lipinski definition) is 13. The maximum absolute atomic E-state index is 14.7. The van der Waals surface area contributed by atoms with Crippen molar-refractivity contribution in [2.75, 3.05) is 31.7 Å². The summed E-state index contributed by atoms with van der Waals surface area (Å²) in [5.74, 6) is -5.21. The molecule has 392 valence electrons. The van der Waals surface area contributed by atoms with Gasteiger partial charge in [-0.1, -0.05) is 100 Å². The lowest BCUT2D eigenvalue weighted by molar-refractivity contribution is -0.134. The molecule has 22 heteroatoms. The second-order valence-electron chi connectivity index (χ2n) is 17.6. The van der Waals surface area contributed by atoms with Gasteiger partial charge in [-0.15, -0.1) is 0 Å². The Hall–Kier alpha value is -6.01. The number of nitrogens with one attached hydrogen (secondary N) is 8. The fourth-order valence-corrected chi connectivity index (χ4v) is 9.83. The molecule has 4 rings (SSSR count). The van der Waals surface area contributed by atoms with Gasteiger partial charge < -0.3 is 69.0 Å². The highest BCUT2D eigenvalue weighted by Gasteiger charge is 2.33. The van der Waals surface area contributed by atoms with Crippen molar-refractivity contribution in [3.05, 3.63) is 108 Å². The maximum Gasteiger partial charge on any atom is 0.244 e. The molecule has 72 heavy (non-hydrogen) atoms. The summed E-state index contributed by atoms with van der Waals surface area (Å²) >= 11 is 0. The van der Waals surface area contributed by atoms with E-state index in [1.165, 1.54) is 13.8 Å². The summed E-state index contributed by atoms with van der Waals surface area (Å²) in [6.07, 6.45) is 0.932. The number of para-hydroxylation sites is 1. The highest BCUT2D eigenvalue weighted by atomic mass is 33.1. The highest BCUT2D eigenvalue weighted by Crippen LogP contribution is 2.24. The van der Waals surface area contributed by atoms with E-state index in [2.05, 4.69) is 42.2 Å². The van der Waals surface area contributed by atoms with E-state index in [0.29, 0.717) is 24.1 Å². The normalized spacial score (nSPS) is 15.0. The molecule has 0 saturated carbocycles. The van der Waals surface area contributed by atoms with Crippen LogP contribution in [0.15, 0.2) is 91.1 Å². The number of aromatic amines is 1. The van der Waals surface area contributed by atoms with Gasteiger partial charge in [0.1, 0.15) is 30.2 Å². The molecule has 0 bridgehead atoms. The van der Waals surface area contributed by atoms with Crippen LogP contribution in [0.25, 0.3) is 10.9 Å². The van der Waals surface area contributed by atoms with Gasteiger partial charge in [0.2, 0.25) is 41.4 Å². The Labute approximate surface area is 427 Å². The van der Waals surface area contributed by atoms with Crippen molar-refractivity contribution >= 4 is 73.8 Å². The van der Waals surface area contributed by atoms with E-state index in [-0.39, 0.29) is 43.6 Å². The number of benzene rings is 3. The zero-order valence-corrected chi connectivity index (χ0v) is 42.4. The van der Waals surface area contributed by atoms with Crippen LogP contribution in [-0.2, 0) is 52.8 Å². The average Bonchev–Trinajstić information content (AvgIpc) is 3.76. The lowest BCUT2D eigenvalue weighted by Crippen LogP contribution is -2.60. The SMILES string of the molecule is CNCCCC[C@H](NC(=O)[C@@H](Cc1c[nH]c2ccccc12)NC(=O)[C@H](Cc1ccccc1)NC(=O)[C@H](CSSC[C@H](NC(=O)C[C@@H](C)O)C(=O)N[C@H](CO)[C@@H](C)O)NC(=O)[C@H](N)Cc1ccccc1)C(N)=O. The molecule has 1 aromatic heterocycles. The number of H-pyrrole nitrogens is 1. The van der Waals surface area contributed by atoms with E-state index in [1.807, 2.05) is 30.3 Å². The Morgan fingerprint density at radius 3 is 1.71 bits per heavy atom. The number of fused-ring (bicyclic) bond motifs is 1. The quantitative estimate of drug-likeness (QED) is 0.0223. The van der Waals surface area contributed by atoms with E-state index < -0.39 is 102 Å². The number of primary amides is 1. The summed E-state index contributed by atoms with van der Waals surface area (Å²) in [5.41, 5.74) is 15.0. The molecular weight excluding hydrogens is 965 g/mol. The minimum atomic E-state index is -1.33. The summed E-state index contributed by atoms with van der Waals surface area (Å²) in [6.45, 7) is 2.89. The van der Waals surface area contributed by atoms with Gasteiger partial charge in [0, 0.05) is 41.4 Å². The van der Waals surface area contributed by atoms with E-state index >= 15 is 0 Å². The monoisotopic (exact) mass is 1030 g/mol. The number of carbonyl (C=O) groups is 7. The third-order valence-corrected chi connectivity index (χ3v) is 14.0. The molecule has 1 heterocycles. The average molecular weight is 1040 g/mol. The molecule has 0 aliphatic carbocycles. The molecular formula is C50H70N10O10S2. The number of aliphatic hydroxyl groups is 3. The van der Waals surface area contributed by atoms with Crippen LogP contribution in [0, 0.1) is 0 Å². The van der Waals surface area contributed by atoms with Crippen molar-refractivity contribution < 1.29 is 48.9 Å². The largest absolute Gasteiger partial charge is 0.394 e. The number of rotatable bonds is 32. The smallest absolute Gasteiger partial charge is 0.244 e. The van der Waals surface area contributed by atoms with Crippen LogP contribution in [0.2, 0.25) is 0 Å². The highest BCUT2D eigenvalue weighted by molar-refractivity contribution is 8.76. The summed E-state index contributed by atoms with van der Waals surface area (Å²) in [4.78, 5) is 99.0. The number of aliphatic hydroxyl groups excluding tert-OH is 3. The number of nitrogens with two attached hydrogens (primary N) is 2. The number of carbonyl (C=O) groups excluding carboxylic acids is 7. The van der Waals surface area contributed by atoms with E-state index in [4.69, 9.17) is 11.5 Å². The van der Waals surface area contributed by atoms with Crippen LogP contribution in [0.3, 0.4) is 0 Å².